The number of carbonyl (C=O) groups is 2. The number of anilines is 1. The molecule has 0 bridgehead atoms. The first-order valence-corrected chi connectivity index (χ1v) is 11.2. The van der Waals surface area contributed by atoms with Gasteiger partial charge in [-0.05, 0) is 30.2 Å². The summed E-state index contributed by atoms with van der Waals surface area (Å²) < 4.78 is 45.7. The molecule has 2 N–H and O–H groups in total. The van der Waals surface area contributed by atoms with Crippen LogP contribution in [-0.4, -0.2) is 46.9 Å². The fourth-order valence-electron chi connectivity index (χ4n) is 3.12. The van der Waals surface area contributed by atoms with Crippen LogP contribution in [0.2, 0.25) is 0 Å². The molecule has 1 heterocycles. The van der Waals surface area contributed by atoms with Crippen LogP contribution in [0.1, 0.15) is 5.56 Å². The predicted octanol–water partition coefficient (Wildman–Crippen LogP) is 4.28. The third-order valence-electron chi connectivity index (χ3n) is 4.63. The number of hydrogen-bond donors (Lipinski definition) is 2. The lowest BCUT2D eigenvalue weighted by Gasteiger charge is -2.14. The Kier molecular flexibility index (Phi) is 8.21. The fraction of sp³-hybridized carbons (Fsp3) is 0.261. The number of hydrogen-bond acceptors (Lipinski definition) is 5. The number of alkyl halides is 3. The SMILES string of the molecule is COc1ccc(C)cc1NC(=O)CNC(=O)CSc1ncc(-c2ccccc2)n1CC(F)(F)F. The number of ether oxygens (including phenoxy) is 1. The molecule has 34 heavy (non-hydrogen) atoms. The van der Waals surface area contributed by atoms with Crippen LogP contribution in [0.25, 0.3) is 11.3 Å². The lowest BCUT2D eigenvalue weighted by Crippen LogP contribution is -2.34. The molecule has 0 saturated heterocycles. The third-order valence-corrected chi connectivity index (χ3v) is 5.62. The van der Waals surface area contributed by atoms with Crippen molar-refractivity contribution in [3.63, 3.8) is 0 Å². The van der Waals surface area contributed by atoms with E-state index in [1.54, 1.807) is 42.5 Å². The normalized spacial score (nSPS) is 11.2. The van der Waals surface area contributed by atoms with E-state index in [1.165, 1.54) is 13.3 Å². The summed E-state index contributed by atoms with van der Waals surface area (Å²) in [5.74, 6) is -0.706. The van der Waals surface area contributed by atoms with E-state index >= 15 is 0 Å². The van der Waals surface area contributed by atoms with Crippen molar-refractivity contribution in [2.45, 2.75) is 24.8 Å². The summed E-state index contributed by atoms with van der Waals surface area (Å²) in [4.78, 5) is 28.5. The third kappa shape index (κ3) is 7.01. The molecule has 0 unspecified atom stereocenters. The van der Waals surface area contributed by atoms with E-state index in [0.29, 0.717) is 22.7 Å². The minimum Gasteiger partial charge on any atom is -0.495 e. The molecule has 3 aromatic rings. The first kappa shape index (κ1) is 25.2. The number of thioether (sulfide) groups is 1. The van der Waals surface area contributed by atoms with Crippen molar-refractivity contribution >= 4 is 29.3 Å². The monoisotopic (exact) mass is 492 g/mol. The van der Waals surface area contributed by atoms with Crippen LogP contribution in [0.4, 0.5) is 18.9 Å². The zero-order chi connectivity index (χ0) is 24.7. The highest BCUT2D eigenvalue weighted by molar-refractivity contribution is 7.99. The van der Waals surface area contributed by atoms with Gasteiger partial charge in [0.2, 0.25) is 11.8 Å². The van der Waals surface area contributed by atoms with Gasteiger partial charge in [0.05, 0.1) is 37.0 Å². The summed E-state index contributed by atoms with van der Waals surface area (Å²) in [5.41, 5.74) is 2.27. The van der Waals surface area contributed by atoms with Crippen molar-refractivity contribution in [2.24, 2.45) is 0 Å². The molecular weight excluding hydrogens is 469 g/mol. The Bertz CT molecular complexity index is 1150. The summed E-state index contributed by atoms with van der Waals surface area (Å²) in [5, 5.41) is 5.18. The van der Waals surface area contributed by atoms with Gasteiger partial charge in [-0.25, -0.2) is 4.98 Å². The highest BCUT2D eigenvalue weighted by atomic mass is 32.2. The molecule has 7 nitrogen and oxygen atoms in total. The number of methoxy groups -OCH3 is 1. The second-order valence-corrected chi connectivity index (χ2v) is 8.25. The molecule has 180 valence electrons. The zero-order valence-electron chi connectivity index (χ0n) is 18.5. The standard InChI is InChI=1S/C23H23F3N4O3S/c1-15-8-9-19(33-2)17(10-15)29-20(31)12-27-21(32)13-34-22-28-11-18(16-6-4-3-5-7-16)30(22)14-23(24,25)26/h3-11H,12-14H2,1-2H3,(H,27,32)(H,29,31). The lowest BCUT2D eigenvalue weighted by atomic mass is 10.2. The number of carbonyl (C=O) groups excluding carboxylic acids is 2. The van der Waals surface area contributed by atoms with Crippen molar-refractivity contribution in [1.82, 2.24) is 14.9 Å². The molecule has 1 aromatic heterocycles. The van der Waals surface area contributed by atoms with Crippen LogP contribution in [0, 0.1) is 6.92 Å². The van der Waals surface area contributed by atoms with Crippen molar-refractivity contribution in [2.75, 3.05) is 24.7 Å². The number of rotatable bonds is 9. The van der Waals surface area contributed by atoms with E-state index < -0.39 is 24.5 Å². The van der Waals surface area contributed by atoms with E-state index in [0.717, 1.165) is 21.9 Å². The first-order valence-electron chi connectivity index (χ1n) is 10.2. The van der Waals surface area contributed by atoms with Crippen LogP contribution in [0.15, 0.2) is 59.9 Å². The maximum atomic E-state index is 13.2. The Labute approximate surface area is 198 Å². The van der Waals surface area contributed by atoms with Crippen molar-refractivity contribution in [3.8, 4) is 17.0 Å². The number of aryl methyl sites for hydroxylation is 1. The van der Waals surface area contributed by atoms with Crippen molar-refractivity contribution in [1.29, 1.82) is 0 Å². The number of benzene rings is 2. The molecule has 0 radical (unpaired) electrons. The molecule has 2 amide bonds. The molecule has 0 spiro atoms. The lowest BCUT2D eigenvalue weighted by molar-refractivity contribution is -0.141. The van der Waals surface area contributed by atoms with Crippen LogP contribution in [0.5, 0.6) is 5.75 Å². The van der Waals surface area contributed by atoms with Gasteiger partial charge in [0.15, 0.2) is 5.16 Å². The van der Waals surface area contributed by atoms with Gasteiger partial charge in [-0.2, -0.15) is 13.2 Å². The van der Waals surface area contributed by atoms with Gasteiger partial charge >= 0.3 is 6.18 Å². The average Bonchev–Trinajstić information content (AvgIpc) is 3.17. The Balaban J connectivity index is 1.60. The average molecular weight is 493 g/mol. The minimum atomic E-state index is -4.46. The van der Waals surface area contributed by atoms with Gasteiger partial charge in [0.1, 0.15) is 12.3 Å². The predicted molar refractivity (Wildman–Crippen MR) is 124 cm³/mol. The maximum Gasteiger partial charge on any atom is 0.406 e. The number of amides is 2. The summed E-state index contributed by atoms with van der Waals surface area (Å²) >= 11 is 0.863. The number of halogens is 3. The van der Waals surface area contributed by atoms with Gasteiger partial charge in [0, 0.05) is 0 Å². The van der Waals surface area contributed by atoms with Crippen LogP contribution < -0.4 is 15.4 Å². The topological polar surface area (TPSA) is 85.2 Å². The number of nitrogens with one attached hydrogen (secondary N) is 2. The summed E-state index contributed by atoms with van der Waals surface area (Å²) in [7, 11) is 1.48. The summed E-state index contributed by atoms with van der Waals surface area (Å²) in [6, 6.07) is 13.9. The number of nitrogens with zero attached hydrogens (tertiary/aromatic N) is 2. The van der Waals surface area contributed by atoms with Gasteiger partial charge in [-0.15, -0.1) is 0 Å². The van der Waals surface area contributed by atoms with Gasteiger partial charge in [-0.3, -0.25) is 9.59 Å². The van der Waals surface area contributed by atoms with Crippen LogP contribution >= 0.6 is 11.8 Å². The largest absolute Gasteiger partial charge is 0.495 e. The number of imidazole rings is 1. The molecule has 2 aromatic carbocycles. The highest BCUT2D eigenvalue weighted by Gasteiger charge is 2.31. The number of aromatic nitrogens is 2. The van der Waals surface area contributed by atoms with Gasteiger partial charge in [-0.1, -0.05) is 48.2 Å². The highest BCUT2D eigenvalue weighted by Crippen LogP contribution is 2.30. The summed E-state index contributed by atoms with van der Waals surface area (Å²) in [6.45, 7) is 0.324. The molecule has 0 saturated carbocycles. The molecule has 3 rings (SSSR count). The Morgan fingerprint density at radius 3 is 2.53 bits per heavy atom. The summed E-state index contributed by atoms with van der Waals surface area (Å²) in [6.07, 6.45) is -3.11. The Morgan fingerprint density at radius 1 is 1.12 bits per heavy atom. The molecule has 0 atom stereocenters. The Morgan fingerprint density at radius 2 is 1.85 bits per heavy atom. The molecule has 0 fully saturated rings. The first-order chi connectivity index (χ1) is 16.2. The van der Waals surface area contributed by atoms with Crippen LogP contribution in [-0.2, 0) is 16.1 Å². The molecular formula is C23H23F3N4O3S. The zero-order valence-corrected chi connectivity index (χ0v) is 19.3. The van der Waals surface area contributed by atoms with Gasteiger partial charge < -0.3 is 19.9 Å². The van der Waals surface area contributed by atoms with E-state index in [-0.39, 0.29) is 17.5 Å². The molecule has 11 heteroatoms. The quantitative estimate of drug-likeness (QED) is 0.436. The van der Waals surface area contributed by atoms with Crippen molar-refractivity contribution in [3.05, 3.63) is 60.3 Å². The van der Waals surface area contributed by atoms with Crippen LogP contribution in [0.3, 0.4) is 0 Å². The maximum absolute atomic E-state index is 13.2. The van der Waals surface area contributed by atoms with E-state index in [2.05, 4.69) is 15.6 Å². The second kappa shape index (κ2) is 11.1. The van der Waals surface area contributed by atoms with E-state index in [4.69, 9.17) is 4.74 Å². The molecule has 0 aliphatic carbocycles. The molecule has 0 aliphatic rings. The minimum absolute atomic E-state index is 0.0558. The fourth-order valence-corrected chi connectivity index (χ4v) is 3.93. The van der Waals surface area contributed by atoms with Crippen molar-refractivity contribution < 1.29 is 27.5 Å². The smallest absolute Gasteiger partial charge is 0.406 e. The molecule has 0 aliphatic heterocycles. The van der Waals surface area contributed by atoms with Gasteiger partial charge in [0.25, 0.3) is 0 Å². The van der Waals surface area contributed by atoms with E-state index in [1.807, 2.05) is 13.0 Å². The Hall–Kier alpha value is -3.47. The van der Waals surface area contributed by atoms with E-state index in [9.17, 15) is 22.8 Å². The second-order valence-electron chi connectivity index (χ2n) is 7.31.